The molecule has 1 N–H and O–H groups in total. The van der Waals surface area contributed by atoms with Gasteiger partial charge in [0.25, 0.3) is 10.0 Å². The Labute approximate surface area is 135 Å². The molecule has 0 fully saturated rings. The molecule has 0 saturated carbocycles. The summed E-state index contributed by atoms with van der Waals surface area (Å²) in [6, 6.07) is 5.89. The van der Waals surface area contributed by atoms with E-state index in [1.54, 1.807) is 12.3 Å². The molecule has 1 aromatic carbocycles. The van der Waals surface area contributed by atoms with E-state index < -0.39 is 15.8 Å². The average molecular weight is 345 g/mol. The number of benzene rings is 1. The number of fused-ring (bicyclic) bond motifs is 2. The van der Waals surface area contributed by atoms with Crippen molar-refractivity contribution in [2.24, 2.45) is 7.05 Å². The van der Waals surface area contributed by atoms with Crippen molar-refractivity contribution in [2.75, 3.05) is 4.72 Å². The number of oxazole rings is 1. The van der Waals surface area contributed by atoms with E-state index >= 15 is 0 Å². The largest absolute Gasteiger partial charge is 0.419 e. The van der Waals surface area contributed by atoms with Crippen LogP contribution in [0.3, 0.4) is 0 Å². The second-order valence-electron chi connectivity index (χ2n) is 5.14. The minimum Gasteiger partial charge on any atom is -0.408 e. The average Bonchev–Trinajstić information content (AvgIpc) is 3.11. The Bertz CT molecular complexity index is 1240. The topological polar surface area (TPSA) is 112 Å². The number of nitrogens with one attached hydrogen (secondary N) is 1. The first-order chi connectivity index (χ1) is 11.4. The number of nitrogens with zero attached hydrogens (tertiary/aromatic N) is 4. The molecular weight excluding hydrogens is 334 g/mol. The summed E-state index contributed by atoms with van der Waals surface area (Å²) in [6.07, 6.45) is 4.49. The van der Waals surface area contributed by atoms with E-state index in [0.717, 1.165) is 0 Å². The van der Waals surface area contributed by atoms with Gasteiger partial charge in [0.1, 0.15) is 0 Å². The molecule has 4 rings (SSSR count). The number of hydrogen-bond donors (Lipinski definition) is 1. The maximum atomic E-state index is 12.6. The Hall–Kier alpha value is -3.14. The monoisotopic (exact) mass is 345 g/mol. The van der Waals surface area contributed by atoms with Gasteiger partial charge in [0, 0.05) is 13.1 Å². The third-order valence-electron chi connectivity index (χ3n) is 3.57. The molecule has 4 aromatic rings. The predicted octanol–water partition coefficient (Wildman–Crippen LogP) is 0.975. The van der Waals surface area contributed by atoms with E-state index in [1.165, 1.54) is 46.7 Å². The molecule has 0 saturated heterocycles. The van der Waals surface area contributed by atoms with E-state index in [4.69, 9.17) is 4.42 Å². The van der Waals surface area contributed by atoms with Crippen LogP contribution in [-0.2, 0) is 17.1 Å². The molecule has 3 aromatic heterocycles. The van der Waals surface area contributed by atoms with Gasteiger partial charge in [0.15, 0.2) is 11.2 Å². The van der Waals surface area contributed by atoms with Crippen LogP contribution in [0.15, 0.2) is 57.0 Å². The summed E-state index contributed by atoms with van der Waals surface area (Å²) in [6.45, 7) is 0. The summed E-state index contributed by atoms with van der Waals surface area (Å²) < 4.78 is 35.2. The van der Waals surface area contributed by atoms with Crippen LogP contribution in [0.25, 0.3) is 16.7 Å². The molecule has 0 spiro atoms. The Morgan fingerprint density at radius 2 is 2.08 bits per heavy atom. The van der Waals surface area contributed by atoms with Crippen molar-refractivity contribution in [3.8, 4) is 0 Å². The minimum atomic E-state index is -3.85. The Morgan fingerprint density at radius 3 is 2.92 bits per heavy atom. The molecular formula is C14H11N5O4S. The van der Waals surface area contributed by atoms with E-state index in [1.807, 2.05) is 0 Å². The maximum absolute atomic E-state index is 12.6. The van der Waals surface area contributed by atoms with E-state index in [9.17, 15) is 13.2 Å². The molecule has 0 aliphatic carbocycles. The molecule has 0 atom stereocenters. The van der Waals surface area contributed by atoms with Gasteiger partial charge in [-0.25, -0.2) is 22.7 Å². The Balaban J connectivity index is 1.76. The molecule has 24 heavy (non-hydrogen) atoms. The molecule has 0 aliphatic rings. The first-order valence-electron chi connectivity index (χ1n) is 6.86. The lowest BCUT2D eigenvalue weighted by atomic mass is 10.3. The standard InChI is InChI=1S/C14H11N5O4S/c1-18-11-6-10(2-3-12(11)23-14(18)20)24(21,22)17-9-7-15-13-4-5-16-19(13)8-9/h2-8,17H,1H3. The van der Waals surface area contributed by atoms with Gasteiger partial charge < -0.3 is 4.42 Å². The maximum Gasteiger partial charge on any atom is 0.419 e. The third kappa shape index (κ3) is 2.24. The van der Waals surface area contributed by atoms with Crippen LogP contribution in [0.5, 0.6) is 0 Å². The van der Waals surface area contributed by atoms with Gasteiger partial charge in [-0.2, -0.15) is 5.10 Å². The molecule has 10 heteroatoms. The highest BCUT2D eigenvalue weighted by Crippen LogP contribution is 2.20. The highest BCUT2D eigenvalue weighted by Gasteiger charge is 2.17. The smallest absolute Gasteiger partial charge is 0.408 e. The quantitative estimate of drug-likeness (QED) is 0.592. The van der Waals surface area contributed by atoms with Crippen molar-refractivity contribution >= 4 is 32.5 Å². The molecule has 122 valence electrons. The lowest BCUT2D eigenvalue weighted by Crippen LogP contribution is -2.14. The zero-order valence-electron chi connectivity index (χ0n) is 12.4. The van der Waals surface area contributed by atoms with Crippen LogP contribution in [0.1, 0.15) is 0 Å². The van der Waals surface area contributed by atoms with Crippen molar-refractivity contribution < 1.29 is 12.8 Å². The first-order valence-corrected chi connectivity index (χ1v) is 8.34. The molecule has 3 heterocycles. The van der Waals surface area contributed by atoms with Gasteiger partial charge in [0.2, 0.25) is 0 Å². The molecule has 0 amide bonds. The zero-order valence-corrected chi connectivity index (χ0v) is 13.2. The number of anilines is 1. The van der Waals surface area contributed by atoms with Crippen LogP contribution in [0.2, 0.25) is 0 Å². The number of hydrogen-bond acceptors (Lipinski definition) is 6. The van der Waals surface area contributed by atoms with Gasteiger partial charge in [-0.05, 0) is 18.2 Å². The van der Waals surface area contributed by atoms with E-state index in [-0.39, 0.29) is 10.6 Å². The highest BCUT2D eigenvalue weighted by atomic mass is 32.2. The fourth-order valence-corrected chi connectivity index (χ4v) is 3.40. The van der Waals surface area contributed by atoms with Crippen molar-refractivity contribution in [1.29, 1.82) is 0 Å². The van der Waals surface area contributed by atoms with Crippen LogP contribution < -0.4 is 10.5 Å². The second-order valence-corrected chi connectivity index (χ2v) is 6.82. The van der Waals surface area contributed by atoms with Gasteiger partial charge in [0.05, 0.1) is 34.7 Å². The number of aryl methyl sites for hydroxylation is 1. The van der Waals surface area contributed by atoms with Crippen molar-refractivity contribution in [1.82, 2.24) is 19.2 Å². The fraction of sp³-hybridized carbons (Fsp3) is 0.0714. The van der Waals surface area contributed by atoms with Crippen molar-refractivity contribution in [2.45, 2.75) is 4.90 Å². The minimum absolute atomic E-state index is 0.00645. The summed E-state index contributed by atoms with van der Waals surface area (Å²) in [4.78, 5) is 15.6. The van der Waals surface area contributed by atoms with E-state index in [0.29, 0.717) is 16.7 Å². The fourth-order valence-electron chi connectivity index (χ4n) is 2.35. The third-order valence-corrected chi connectivity index (χ3v) is 4.95. The molecule has 9 nitrogen and oxygen atoms in total. The normalized spacial score (nSPS) is 12.0. The first kappa shape index (κ1) is 14.5. The van der Waals surface area contributed by atoms with Crippen molar-refractivity contribution in [3.05, 3.63) is 53.4 Å². The predicted molar refractivity (Wildman–Crippen MR) is 85.3 cm³/mol. The summed E-state index contributed by atoms with van der Waals surface area (Å²) in [5.41, 5.74) is 1.59. The van der Waals surface area contributed by atoms with Gasteiger partial charge in [-0.1, -0.05) is 0 Å². The van der Waals surface area contributed by atoms with Gasteiger partial charge in [-0.3, -0.25) is 9.29 Å². The summed E-state index contributed by atoms with van der Waals surface area (Å²) in [5.74, 6) is -0.555. The van der Waals surface area contributed by atoms with Crippen LogP contribution >= 0.6 is 0 Å². The summed E-state index contributed by atoms with van der Waals surface area (Å²) in [5, 5.41) is 4.01. The lowest BCUT2D eigenvalue weighted by Gasteiger charge is -2.08. The van der Waals surface area contributed by atoms with Gasteiger partial charge >= 0.3 is 5.76 Å². The Kier molecular flexibility index (Phi) is 2.97. The lowest BCUT2D eigenvalue weighted by molar-refractivity contribution is 0.528. The molecule has 0 aliphatic heterocycles. The van der Waals surface area contributed by atoms with Crippen LogP contribution in [-0.4, -0.2) is 27.6 Å². The molecule has 0 bridgehead atoms. The summed E-state index contributed by atoms with van der Waals surface area (Å²) >= 11 is 0. The van der Waals surface area contributed by atoms with Crippen molar-refractivity contribution in [3.63, 3.8) is 0 Å². The summed E-state index contributed by atoms with van der Waals surface area (Å²) in [7, 11) is -2.34. The Morgan fingerprint density at radius 1 is 1.25 bits per heavy atom. The van der Waals surface area contributed by atoms with E-state index in [2.05, 4.69) is 14.8 Å². The number of aromatic nitrogens is 4. The molecule has 0 unspecified atom stereocenters. The second kappa shape index (κ2) is 4.93. The highest BCUT2D eigenvalue weighted by molar-refractivity contribution is 7.92. The number of rotatable bonds is 3. The SMILES string of the molecule is Cn1c(=O)oc2ccc(S(=O)(=O)Nc3cnc4ccnn4c3)cc21. The zero-order chi connectivity index (χ0) is 16.9. The molecule has 0 radical (unpaired) electrons. The van der Waals surface area contributed by atoms with Crippen LogP contribution in [0, 0.1) is 0 Å². The number of sulfonamides is 1. The van der Waals surface area contributed by atoms with Crippen LogP contribution in [0.4, 0.5) is 5.69 Å². The van der Waals surface area contributed by atoms with Gasteiger partial charge in [-0.15, -0.1) is 0 Å².